The summed E-state index contributed by atoms with van der Waals surface area (Å²) < 4.78 is 6.50. The minimum absolute atomic E-state index is 0.0585. The number of carbonyl (C=O) groups excluding carboxylic acids is 2. The van der Waals surface area contributed by atoms with Crippen LogP contribution in [0.25, 0.3) is 0 Å². The molecule has 0 radical (unpaired) electrons. The molecule has 3 saturated heterocycles. The van der Waals surface area contributed by atoms with E-state index in [0.717, 1.165) is 11.1 Å². The van der Waals surface area contributed by atoms with Gasteiger partial charge in [0.15, 0.2) is 0 Å². The number of likely N-dealkylation sites (tertiary alicyclic amines) is 1. The summed E-state index contributed by atoms with van der Waals surface area (Å²) in [5, 5.41) is 19.8. The van der Waals surface area contributed by atoms with Gasteiger partial charge in [0.2, 0.25) is 5.91 Å². The van der Waals surface area contributed by atoms with Gasteiger partial charge in [-0.2, -0.15) is 0 Å². The molecule has 0 aromatic heterocycles. The Morgan fingerprint density at radius 3 is 2.67 bits per heavy atom. The molecule has 2 N–H and O–H groups in total. The van der Waals surface area contributed by atoms with Crippen molar-refractivity contribution in [1.82, 2.24) is 4.90 Å². The number of β-amino-alcohol motifs (C(OH)–C–C–N with tert-alkyl or cyclic N) is 1. The van der Waals surface area contributed by atoms with Gasteiger partial charge in [-0.15, -0.1) is 6.58 Å². The number of amides is 2. The third-order valence-electron chi connectivity index (χ3n) is 7.75. The van der Waals surface area contributed by atoms with Gasteiger partial charge in [-0.3, -0.25) is 14.4 Å². The average Bonchev–Trinajstić information content (AvgIpc) is 3.38. The SMILES string of the molecule is C=CCN(C(=O)C1N(CCO)C(=O)[C@@H]2[C@H](C(=O)O)[C@]3(CC)CCC12O3)c1cc(C)ccc1C. The summed E-state index contributed by atoms with van der Waals surface area (Å²) >= 11 is 0. The molecule has 33 heavy (non-hydrogen) atoms. The lowest BCUT2D eigenvalue weighted by Crippen LogP contribution is -2.57. The molecular formula is C25H32N2O6. The van der Waals surface area contributed by atoms with Gasteiger partial charge in [-0.25, -0.2) is 0 Å². The van der Waals surface area contributed by atoms with Crippen LogP contribution in [0.2, 0.25) is 0 Å². The largest absolute Gasteiger partial charge is 0.481 e. The molecule has 3 fully saturated rings. The fourth-order valence-electron chi connectivity index (χ4n) is 6.31. The highest BCUT2D eigenvalue weighted by Gasteiger charge is 2.79. The molecule has 0 saturated carbocycles. The van der Waals surface area contributed by atoms with Gasteiger partial charge in [0.1, 0.15) is 17.6 Å². The van der Waals surface area contributed by atoms with Crippen molar-refractivity contribution in [1.29, 1.82) is 0 Å². The number of hydrogen-bond donors (Lipinski definition) is 2. The zero-order valence-corrected chi connectivity index (χ0v) is 19.4. The van der Waals surface area contributed by atoms with Crippen molar-refractivity contribution in [2.45, 2.75) is 57.3 Å². The van der Waals surface area contributed by atoms with E-state index in [1.165, 1.54) is 4.90 Å². The number of fused-ring (bicyclic) bond motifs is 1. The maximum atomic E-state index is 14.2. The number of aliphatic carboxylic acids is 1. The molecule has 3 aliphatic rings. The second-order valence-corrected chi connectivity index (χ2v) is 9.45. The number of ether oxygens (including phenoxy) is 1. The lowest BCUT2D eigenvalue weighted by molar-refractivity contribution is -0.155. The Kier molecular flexibility index (Phi) is 5.87. The second-order valence-electron chi connectivity index (χ2n) is 9.45. The zero-order chi connectivity index (χ0) is 24.1. The number of nitrogens with zero attached hydrogens (tertiary/aromatic N) is 2. The van der Waals surface area contributed by atoms with E-state index in [4.69, 9.17) is 4.74 Å². The molecule has 1 aromatic rings. The molecule has 3 aliphatic heterocycles. The summed E-state index contributed by atoms with van der Waals surface area (Å²) in [5.74, 6) is -3.81. The van der Waals surface area contributed by atoms with Crippen molar-refractivity contribution < 1.29 is 29.3 Å². The van der Waals surface area contributed by atoms with Crippen molar-refractivity contribution >= 4 is 23.5 Å². The molecular weight excluding hydrogens is 424 g/mol. The summed E-state index contributed by atoms with van der Waals surface area (Å²) in [6.07, 6.45) is 2.98. The third kappa shape index (κ3) is 3.22. The van der Waals surface area contributed by atoms with Crippen molar-refractivity contribution in [3.8, 4) is 0 Å². The highest BCUT2D eigenvalue weighted by molar-refractivity contribution is 6.05. The summed E-state index contributed by atoms with van der Waals surface area (Å²) in [6.45, 7) is 9.35. The van der Waals surface area contributed by atoms with Gasteiger partial charge in [-0.05, 0) is 50.3 Å². The molecule has 3 heterocycles. The van der Waals surface area contributed by atoms with Gasteiger partial charge in [0.05, 0.1) is 18.1 Å². The predicted octanol–water partition coefficient (Wildman–Crippen LogP) is 2.05. The Morgan fingerprint density at radius 1 is 1.33 bits per heavy atom. The third-order valence-corrected chi connectivity index (χ3v) is 7.75. The average molecular weight is 457 g/mol. The van der Waals surface area contributed by atoms with Crippen LogP contribution in [0.4, 0.5) is 5.69 Å². The monoisotopic (exact) mass is 456 g/mol. The van der Waals surface area contributed by atoms with Gasteiger partial charge in [0.25, 0.3) is 5.91 Å². The van der Waals surface area contributed by atoms with Crippen LogP contribution in [0, 0.1) is 25.7 Å². The number of aryl methyl sites for hydroxylation is 2. The Hall–Kier alpha value is -2.71. The van der Waals surface area contributed by atoms with Crippen LogP contribution in [0.5, 0.6) is 0 Å². The highest BCUT2D eigenvalue weighted by atomic mass is 16.5. The van der Waals surface area contributed by atoms with E-state index in [-0.39, 0.29) is 25.6 Å². The maximum Gasteiger partial charge on any atom is 0.310 e. The molecule has 8 heteroatoms. The summed E-state index contributed by atoms with van der Waals surface area (Å²) in [5.41, 5.74) is 0.409. The number of anilines is 1. The number of aliphatic hydroxyl groups excluding tert-OH is 1. The van der Waals surface area contributed by atoms with Crippen LogP contribution >= 0.6 is 0 Å². The van der Waals surface area contributed by atoms with E-state index in [1.807, 2.05) is 39.0 Å². The number of rotatable bonds is 8. The number of carboxylic acids is 1. The first kappa shape index (κ1) is 23.4. The first-order valence-corrected chi connectivity index (χ1v) is 11.5. The van der Waals surface area contributed by atoms with E-state index < -0.39 is 41.0 Å². The molecule has 178 valence electrons. The number of hydrogen-bond acceptors (Lipinski definition) is 5. The summed E-state index contributed by atoms with van der Waals surface area (Å²) in [4.78, 5) is 43.0. The normalized spacial score (nSPS) is 32.2. The molecule has 8 nitrogen and oxygen atoms in total. The van der Waals surface area contributed by atoms with E-state index in [9.17, 15) is 24.6 Å². The summed E-state index contributed by atoms with van der Waals surface area (Å²) in [7, 11) is 0. The zero-order valence-electron chi connectivity index (χ0n) is 19.4. The van der Waals surface area contributed by atoms with E-state index in [2.05, 4.69) is 6.58 Å². The van der Waals surface area contributed by atoms with Crippen LogP contribution < -0.4 is 4.90 Å². The lowest BCUT2D eigenvalue weighted by atomic mass is 9.65. The topological polar surface area (TPSA) is 107 Å². The van der Waals surface area contributed by atoms with Gasteiger partial charge in [0, 0.05) is 18.8 Å². The maximum absolute atomic E-state index is 14.2. The van der Waals surface area contributed by atoms with Gasteiger partial charge < -0.3 is 24.7 Å². The summed E-state index contributed by atoms with van der Waals surface area (Å²) in [6, 6.07) is 4.80. The number of benzene rings is 1. The fourth-order valence-corrected chi connectivity index (χ4v) is 6.31. The lowest BCUT2D eigenvalue weighted by Gasteiger charge is -2.37. The molecule has 2 amide bonds. The van der Waals surface area contributed by atoms with Crippen LogP contribution in [-0.2, 0) is 19.1 Å². The number of aliphatic hydroxyl groups is 1. The fraction of sp³-hybridized carbons (Fsp3) is 0.560. The molecule has 1 spiro atoms. The van der Waals surface area contributed by atoms with E-state index in [0.29, 0.717) is 24.9 Å². The molecule has 1 aromatic carbocycles. The Morgan fingerprint density at radius 2 is 2.06 bits per heavy atom. The van der Waals surface area contributed by atoms with Crippen LogP contribution in [0.15, 0.2) is 30.9 Å². The van der Waals surface area contributed by atoms with E-state index in [1.54, 1.807) is 11.0 Å². The molecule has 4 rings (SSSR count). The van der Waals surface area contributed by atoms with Crippen LogP contribution in [-0.4, -0.2) is 69.8 Å². The van der Waals surface area contributed by atoms with Gasteiger partial charge in [-0.1, -0.05) is 25.1 Å². The quantitative estimate of drug-likeness (QED) is 0.580. The van der Waals surface area contributed by atoms with Crippen molar-refractivity contribution in [2.75, 3.05) is 24.6 Å². The second kappa shape index (κ2) is 8.25. The van der Waals surface area contributed by atoms with Crippen LogP contribution in [0.1, 0.15) is 37.3 Å². The Labute approximate surface area is 193 Å². The van der Waals surface area contributed by atoms with E-state index >= 15 is 0 Å². The Balaban J connectivity index is 1.84. The molecule has 2 unspecified atom stereocenters. The smallest absolute Gasteiger partial charge is 0.310 e. The molecule has 5 atom stereocenters. The minimum Gasteiger partial charge on any atom is -0.481 e. The minimum atomic E-state index is -1.22. The molecule has 0 aliphatic carbocycles. The van der Waals surface area contributed by atoms with Crippen LogP contribution in [0.3, 0.4) is 0 Å². The Bertz CT molecular complexity index is 1010. The molecule has 2 bridgehead atoms. The van der Waals surface area contributed by atoms with Gasteiger partial charge >= 0.3 is 5.97 Å². The first-order chi connectivity index (χ1) is 15.7. The van der Waals surface area contributed by atoms with Crippen molar-refractivity contribution in [3.05, 3.63) is 42.0 Å². The number of carbonyl (C=O) groups is 3. The highest BCUT2D eigenvalue weighted by Crippen LogP contribution is 2.64. The first-order valence-electron chi connectivity index (χ1n) is 11.5. The predicted molar refractivity (Wildman–Crippen MR) is 122 cm³/mol. The number of carboxylic acid groups (broad SMARTS) is 1. The van der Waals surface area contributed by atoms with Crippen molar-refractivity contribution in [3.63, 3.8) is 0 Å². The van der Waals surface area contributed by atoms with Crippen molar-refractivity contribution in [2.24, 2.45) is 11.8 Å². The standard InChI is InChI=1S/C25H32N2O6/c1-5-11-26(17-14-15(3)7-8-16(17)4)22(30)20-25-10-9-24(6-2,33-25)19(23(31)32)18(25)21(29)27(20)12-13-28/h5,7-8,14,18-20,28H,1,6,9-13H2,2-4H3,(H,31,32)/t18-,19+,20?,24-,25?/m0/s1.